The summed E-state index contributed by atoms with van der Waals surface area (Å²) in [5.41, 5.74) is -1.09. The number of aldehydes is 1. The SMILES string of the molecule is N#C[C@@]1(C=O)[C@H](c2ccc3c(c2)OCO3)[C@@H]1S(=O)(=O)c1ccc(Cl)cc1. The third kappa shape index (κ3) is 2.30. The molecule has 0 aromatic heterocycles. The van der Waals surface area contributed by atoms with Gasteiger partial charge in [0.2, 0.25) is 6.79 Å². The van der Waals surface area contributed by atoms with Gasteiger partial charge in [0.1, 0.15) is 17.0 Å². The highest BCUT2D eigenvalue weighted by atomic mass is 35.5. The lowest BCUT2D eigenvalue weighted by Crippen LogP contribution is -2.16. The van der Waals surface area contributed by atoms with Crippen LogP contribution < -0.4 is 9.47 Å². The van der Waals surface area contributed by atoms with E-state index in [4.69, 9.17) is 21.1 Å². The molecule has 2 aromatic carbocycles. The number of hydrogen-bond donors (Lipinski definition) is 0. The first-order chi connectivity index (χ1) is 12.4. The van der Waals surface area contributed by atoms with Crippen LogP contribution in [-0.4, -0.2) is 26.7 Å². The van der Waals surface area contributed by atoms with Crippen molar-refractivity contribution >= 4 is 27.7 Å². The number of rotatable bonds is 4. The highest BCUT2D eigenvalue weighted by Crippen LogP contribution is 2.63. The van der Waals surface area contributed by atoms with Gasteiger partial charge in [-0.25, -0.2) is 8.42 Å². The molecule has 132 valence electrons. The Morgan fingerprint density at radius 2 is 1.85 bits per heavy atom. The number of halogens is 1. The van der Waals surface area contributed by atoms with Crippen molar-refractivity contribution in [1.82, 2.24) is 0 Å². The Hall–Kier alpha value is -2.56. The van der Waals surface area contributed by atoms with Crippen LogP contribution in [0.25, 0.3) is 0 Å². The molecule has 0 amide bonds. The normalized spacial score (nSPS) is 26.2. The Morgan fingerprint density at radius 3 is 2.50 bits per heavy atom. The number of carbonyl (C=O) groups excluding carboxylic acids is 1. The Kier molecular flexibility index (Phi) is 3.72. The van der Waals surface area contributed by atoms with E-state index in [0.717, 1.165) is 0 Å². The van der Waals surface area contributed by atoms with Crippen LogP contribution in [0.1, 0.15) is 11.5 Å². The highest BCUT2D eigenvalue weighted by molar-refractivity contribution is 7.92. The van der Waals surface area contributed by atoms with Crippen molar-refractivity contribution in [2.24, 2.45) is 5.41 Å². The van der Waals surface area contributed by atoms with Gasteiger partial charge < -0.3 is 14.3 Å². The number of ether oxygens (including phenoxy) is 2. The number of sulfone groups is 1. The van der Waals surface area contributed by atoms with Crippen molar-refractivity contribution in [3.05, 3.63) is 53.1 Å². The monoisotopic (exact) mass is 389 g/mol. The number of carbonyl (C=O) groups is 1. The largest absolute Gasteiger partial charge is 0.454 e. The molecule has 8 heteroatoms. The molecule has 0 bridgehead atoms. The third-order valence-corrected chi connectivity index (χ3v) is 7.31. The van der Waals surface area contributed by atoms with Gasteiger partial charge in [0.15, 0.2) is 21.3 Å². The Labute approximate surface area is 154 Å². The third-order valence-electron chi connectivity index (χ3n) is 4.80. The quantitative estimate of drug-likeness (QED) is 0.746. The molecular weight excluding hydrogens is 378 g/mol. The van der Waals surface area contributed by atoms with Crippen LogP contribution >= 0.6 is 11.6 Å². The van der Waals surface area contributed by atoms with E-state index in [9.17, 15) is 18.5 Å². The molecule has 26 heavy (non-hydrogen) atoms. The number of nitrogens with zero attached hydrogens (tertiary/aromatic N) is 1. The van der Waals surface area contributed by atoms with E-state index in [0.29, 0.717) is 28.4 Å². The van der Waals surface area contributed by atoms with E-state index in [1.807, 2.05) is 6.07 Å². The van der Waals surface area contributed by atoms with Gasteiger partial charge in [0.25, 0.3) is 0 Å². The van der Waals surface area contributed by atoms with Crippen molar-refractivity contribution in [1.29, 1.82) is 5.26 Å². The maximum atomic E-state index is 13.0. The second-order valence-electron chi connectivity index (χ2n) is 6.17. The molecular formula is C18H12ClNO5S. The Balaban J connectivity index is 1.79. The van der Waals surface area contributed by atoms with Crippen LogP contribution in [0.4, 0.5) is 0 Å². The van der Waals surface area contributed by atoms with E-state index in [2.05, 4.69) is 0 Å². The number of nitriles is 1. The molecule has 1 aliphatic carbocycles. The fraction of sp³-hybridized carbons (Fsp3) is 0.222. The van der Waals surface area contributed by atoms with E-state index in [1.54, 1.807) is 18.2 Å². The first kappa shape index (κ1) is 16.9. The van der Waals surface area contributed by atoms with Gasteiger partial charge in [-0.05, 0) is 42.0 Å². The van der Waals surface area contributed by atoms with E-state index in [1.165, 1.54) is 24.3 Å². The van der Waals surface area contributed by atoms with Crippen molar-refractivity contribution in [3.63, 3.8) is 0 Å². The Morgan fingerprint density at radius 1 is 1.15 bits per heavy atom. The minimum Gasteiger partial charge on any atom is -0.454 e. The lowest BCUT2D eigenvalue weighted by Gasteiger charge is -2.05. The molecule has 1 heterocycles. The smallest absolute Gasteiger partial charge is 0.231 e. The molecule has 6 nitrogen and oxygen atoms in total. The van der Waals surface area contributed by atoms with Crippen LogP contribution in [0.3, 0.4) is 0 Å². The molecule has 4 rings (SSSR count). The second-order valence-corrected chi connectivity index (χ2v) is 8.68. The van der Waals surface area contributed by atoms with Gasteiger partial charge in [-0.2, -0.15) is 5.26 Å². The number of fused-ring (bicyclic) bond motifs is 1. The van der Waals surface area contributed by atoms with Crippen molar-refractivity contribution in [2.45, 2.75) is 16.1 Å². The van der Waals surface area contributed by atoms with Crippen LogP contribution in [0.5, 0.6) is 11.5 Å². The van der Waals surface area contributed by atoms with Gasteiger partial charge >= 0.3 is 0 Å². The van der Waals surface area contributed by atoms with E-state index >= 15 is 0 Å². The fourth-order valence-electron chi connectivity index (χ4n) is 3.44. The minimum absolute atomic E-state index is 0.0246. The van der Waals surface area contributed by atoms with Gasteiger partial charge in [-0.3, -0.25) is 0 Å². The Bertz CT molecular complexity index is 1040. The summed E-state index contributed by atoms with van der Waals surface area (Å²) in [4.78, 5) is 11.7. The predicted octanol–water partition coefficient (Wildman–Crippen LogP) is 2.72. The average molecular weight is 390 g/mol. The van der Waals surface area contributed by atoms with E-state index < -0.39 is 26.4 Å². The molecule has 0 saturated heterocycles. The topological polar surface area (TPSA) is 93.5 Å². The molecule has 1 fully saturated rings. The van der Waals surface area contributed by atoms with E-state index in [-0.39, 0.29) is 11.7 Å². The summed E-state index contributed by atoms with van der Waals surface area (Å²) in [7, 11) is -3.91. The van der Waals surface area contributed by atoms with Gasteiger partial charge in [0, 0.05) is 10.9 Å². The zero-order valence-corrected chi connectivity index (χ0v) is 14.8. The first-order valence-electron chi connectivity index (χ1n) is 7.70. The minimum atomic E-state index is -3.91. The first-order valence-corrected chi connectivity index (χ1v) is 9.63. The summed E-state index contributed by atoms with van der Waals surface area (Å²) in [6, 6.07) is 12.5. The van der Waals surface area contributed by atoms with Gasteiger partial charge in [-0.15, -0.1) is 0 Å². The second kappa shape index (κ2) is 5.73. The molecule has 0 spiro atoms. The van der Waals surface area contributed by atoms with Crippen LogP contribution in [0, 0.1) is 16.7 Å². The molecule has 2 aliphatic rings. The molecule has 1 saturated carbocycles. The summed E-state index contributed by atoms with van der Waals surface area (Å²) >= 11 is 5.82. The van der Waals surface area contributed by atoms with Crippen molar-refractivity contribution in [3.8, 4) is 17.6 Å². The maximum Gasteiger partial charge on any atom is 0.231 e. The van der Waals surface area contributed by atoms with Crippen LogP contribution in [0.15, 0.2) is 47.4 Å². The summed E-state index contributed by atoms with van der Waals surface area (Å²) in [6.45, 7) is 0.0764. The summed E-state index contributed by atoms with van der Waals surface area (Å²) in [5, 5.41) is 8.81. The van der Waals surface area contributed by atoms with Crippen LogP contribution in [-0.2, 0) is 14.6 Å². The number of benzene rings is 2. The molecule has 2 aromatic rings. The molecule has 0 radical (unpaired) electrons. The summed E-state index contributed by atoms with van der Waals surface area (Å²) < 4.78 is 36.7. The lowest BCUT2D eigenvalue weighted by molar-refractivity contribution is -0.110. The van der Waals surface area contributed by atoms with Crippen molar-refractivity contribution < 1.29 is 22.7 Å². The fourth-order valence-corrected chi connectivity index (χ4v) is 5.80. The maximum absolute atomic E-state index is 13.0. The standard InChI is InChI=1S/C18H12ClNO5S/c19-12-2-4-13(5-3-12)26(22,23)17-16(18(17,8-20)9-21)11-1-6-14-15(7-11)25-10-24-14/h1-7,9,16-17H,10H2/t16-,17+,18-/m1/s1. The van der Waals surface area contributed by atoms with Gasteiger partial charge in [0.05, 0.1) is 11.0 Å². The number of hydrogen-bond acceptors (Lipinski definition) is 6. The molecule has 0 unspecified atom stereocenters. The zero-order valence-electron chi connectivity index (χ0n) is 13.3. The van der Waals surface area contributed by atoms with Gasteiger partial charge in [-0.1, -0.05) is 17.7 Å². The predicted molar refractivity (Wildman–Crippen MR) is 91.8 cm³/mol. The highest BCUT2D eigenvalue weighted by Gasteiger charge is 2.72. The molecule has 0 N–H and O–H groups in total. The molecule has 3 atom stereocenters. The summed E-state index contributed by atoms with van der Waals surface area (Å²) in [6.07, 6.45) is 0.431. The summed E-state index contributed by atoms with van der Waals surface area (Å²) in [5.74, 6) is 0.232. The lowest BCUT2D eigenvalue weighted by atomic mass is 10.0. The molecule has 1 aliphatic heterocycles. The zero-order chi connectivity index (χ0) is 18.5. The van der Waals surface area contributed by atoms with Crippen LogP contribution in [0.2, 0.25) is 5.02 Å². The van der Waals surface area contributed by atoms with Crippen molar-refractivity contribution in [2.75, 3.05) is 6.79 Å². The average Bonchev–Trinajstić information content (AvgIpc) is 3.12.